The molecule has 0 aliphatic heterocycles. The first-order chi connectivity index (χ1) is 8.52. The van der Waals surface area contributed by atoms with Crippen LogP contribution in [0.25, 0.3) is 0 Å². The molecule has 0 saturated carbocycles. The number of carbonyl (C=O) groups is 1. The molecule has 0 aliphatic rings. The van der Waals surface area contributed by atoms with Crippen LogP contribution in [0.3, 0.4) is 0 Å². The Hall–Kier alpha value is -1.61. The molecule has 0 saturated heterocycles. The van der Waals surface area contributed by atoms with Gasteiger partial charge in [-0.1, -0.05) is 30.4 Å². The number of aryl methyl sites for hydroxylation is 2. The van der Waals surface area contributed by atoms with Gasteiger partial charge in [0.2, 0.25) is 0 Å². The summed E-state index contributed by atoms with van der Waals surface area (Å²) in [5.74, 6) is -0.0375. The van der Waals surface area contributed by atoms with Gasteiger partial charge < -0.3 is 10.1 Å². The van der Waals surface area contributed by atoms with E-state index in [0.717, 1.165) is 22.3 Å². The van der Waals surface area contributed by atoms with Crippen molar-refractivity contribution in [1.82, 2.24) is 5.32 Å². The molecule has 3 heteroatoms. The Balaban J connectivity index is 2.44. The van der Waals surface area contributed by atoms with Crippen molar-refractivity contribution in [3.05, 3.63) is 47.0 Å². The second-order valence-corrected chi connectivity index (χ2v) is 4.53. The van der Waals surface area contributed by atoms with Crippen molar-refractivity contribution in [2.24, 2.45) is 0 Å². The normalized spacial score (nSPS) is 10.2. The first-order valence-electron chi connectivity index (χ1n) is 6.09. The minimum atomic E-state index is -0.0375. The maximum atomic E-state index is 12.0. The lowest BCUT2D eigenvalue weighted by molar-refractivity contribution is 0.0925. The van der Waals surface area contributed by atoms with Crippen LogP contribution >= 0.6 is 0 Å². The van der Waals surface area contributed by atoms with Gasteiger partial charge in [0, 0.05) is 12.1 Å². The third kappa shape index (κ3) is 4.34. The van der Waals surface area contributed by atoms with E-state index >= 15 is 0 Å². The fraction of sp³-hybridized carbons (Fsp3) is 0.400. The third-order valence-corrected chi connectivity index (χ3v) is 2.59. The van der Waals surface area contributed by atoms with Gasteiger partial charge in [0.05, 0.1) is 13.2 Å². The van der Waals surface area contributed by atoms with E-state index in [-0.39, 0.29) is 5.91 Å². The summed E-state index contributed by atoms with van der Waals surface area (Å²) in [6.07, 6.45) is 0. The highest BCUT2D eigenvalue weighted by atomic mass is 16.5. The van der Waals surface area contributed by atoms with E-state index in [0.29, 0.717) is 19.8 Å². The zero-order chi connectivity index (χ0) is 13.5. The molecule has 0 fully saturated rings. The fourth-order valence-electron chi connectivity index (χ4n) is 1.74. The first kappa shape index (κ1) is 14.5. The number of nitrogens with one attached hydrogen (secondary N) is 1. The number of ether oxygens (including phenoxy) is 1. The highest BCUT2D eigenvalue weighted by Crippen LogP contribution is 2.12. The largest absolute Gasteiger partial charge is 0.375 e. The average Bonchev–Trinajstić information content (AvgIpc) is 2.27. The molecule has 0 heterocycles. The van der Waals surface area contributed by atoms with Crippen LogP contribution in [0.15, 0.2) is 30.4 Å². The molecular weight excluding hydrogens is 226 g/mol. The van der Waals surface area contributed by atoms with Gasteiger partial charge >= 0.3 is 0 Å². The van der Waals surface area contributed by atoms with Crippen LogP contribution in [-0.2, 0) is 4.74 Å². The van der Waals surface area contributed by atoms with Crippen molar-refractivity contribution >= 4 is 5.91 Å². The van der Waals surface area contributed by atoms with E-state index in [9.17, 15) is 4.79 Å². The number of rotatable bonds is 6. The Morgan fingerprint density at radius 1 is 1.33 bits per heavy atom. The van der Waals surface area contributed by atoms with E-state index in [1.165, 1.54) is 0 Å². The number of carbonyl (C=O) groups excluding carboxylic acids is 1. The standard InChI is InChI=1S/C15H21NO2/c1-11(2)10-18-9-8-16-15(17)14-12(3)6-5-7-13(14)4/h5-7H,1,8-10H2,2-4H3,(H,16,17). The minimum absolute atomic E-state index is 0.0375. The Bertz CT molecular complexity index is 418. The number of benzene rings is 1. The van der Waals surface area contributed by atoms with Gasteiger partial charge in [-0.2, -0.15) is 0 Å². The molecule has 0 radical (unpaired) electrons. The Morgan fingerprint density at radius 3 is 2.50 bits per heavy atom. The molecule has 0 bridgehead atoms. The van der Waals surface area contributed by atoms with Gasteiger partial charge in [-0.05, 0) is 31.9 Å². The van der Waals surface area contributed by atoms with Crippen molar-refractivity contribution in [3.8, 4) is 0 Å². The lowest BCUT2D eigenvalue weighted by Crippen LogP contribution is -2.28. The van der Waals surface area contributed by atoms with E-state index in [2.05, 4.69) is 11.9 Å². The summed E-state index contributed by atoms with van der Waals surface area (Å²) in [5, 5.41) is 2.86. The number of hydrogen-bond donors (Lipinski definition) is 1. The maximum absolute atomic E-state index is 12.0. The van der Waals surface area contributed by atoms with Crippen LogP contribution in [0, 0.1) is 13.8 Å². The van der Waals surface area contributed by atoms with Crippen molar-refractivity contribution in [3.63, 3.8) is 0 Å². The zero-order valence-corrected chi connectivity index (χ0v) is 11.4. The molecule has 0 aliphatic carbocycles. The lowest BCUT2D eigenvalue weighted by atomic mass is 10.0. The second kappa shape index (κ2) is 6.97. The molecule has 1 amide bonds. The first-order valence-corrected chi connectivity index (χ1v) is 6.09. The summed E-state index contributed by atoms with van der Waals surface area (Å²) >= 11 is 0. The summed E-state index contributed by atoms with van der Waals surface area (Å²) in [5.41, 5.74) is 3.74. The number of amides is 1. The Labute approximate surface area is 109 Å². The van der Waals surface area contributed by atoms with Crippen LogP contribution < -0.4 is 5.32 Å². The predicted octanol–water partition coefficient (Wildman–Crippen LogP) is 2.63. The lowest BCUT2D eigenvalue weighted by Gasteiger charge is -2.10. The molecule has 1 N–H and O–H groups in total. The van der Waals surface area contributed by atoms with E-state index in [4.69, 9.17) is 4.74 Å². The van der Waals surface area contributed by atoms with Gasteiger partial charge in [0.15, 0.2) is 0 Å². The molecule has 1 aromatic carbocycles. The highest BCUT2D eigenvalue weighted by Gasteiger charge is 2.10. The predicted molar refractivity (Wildman–Crippen MR) is 73.9 cm³/mol. The highest BCUT2D eigenvalue weighted by molar-refractivity contribution is 5.97. The zero-order valence-electron chi connectivity index (χ0n) is 11.4. The molecule has 0 aromatic heterocycles. The van der Waals surface area contributed by atoms with Crippen LogP contribution in [0.5, 0.6) is 0 Å². The van der Waals surface area contributed by atoms with Gasteiger partial charge in [-0.3, -0.25) is 4.79 Å². The topological polar surface area (TPSA) is 38.3 Å². The molecule has 18 heavy (non-hydrogen) atoms. The van der Waals surface area contributed by atoms with Crippen LogP contribution in [-0.4, -0.2) is 25.7 Å². The smallest absolute Gasteiger partial charge is 0.251 e. The molecule has 0 atom stereocenters. The van der Waals surface area contributed by atoms with E-state index in [1.54, 1.807) is 0 Å². The summed E-state index contributed by atoms with van der Waals surface area (Å²) in [4.78, 5) is 12.0. The summed E-state index contributed by atoms with van der Waals surface area (Å²) in [7, 11) is 0. The van der Waals surface area contributed by atoms with Crippen molar-refractivity contribution in [2.75, 3.05) is 19.8 Å². The number of hydrogen-bond acceptors (Lipinski definition) is 2. The Kier molecular flexibility index (Phi) is 5.59. The van der Waals surface area contributed by atoms with Crippen molar-refractivity contribution in [2.45, 2.75) is 20.8 Å². The van der Waals surface area contributed by atoms with Gasteiger partial charge in [0.1, 0.15) is 0 Å². The van der Waals surface area contributed by atoms with E-state index < -0.39 is 0 Å². The minimum Gasteiger partial charge on any atom is -0.375 e. The van der Waals surface area contributed by atoms with Gasteiger partial charge in [-0.25, -0.2) is 0 Å². The average molecular weight is 247 g/mol. The van der Waals surface area contributed by atoms with Crippen LogP contribution in [0.2, 0.25) is 0 Å². The van der Waals surface area contributed by atoms with Crippen LogP contribution in [0.4, 0.5) is 0 Å². The monoisotopic (exact) mass is 247 g/mol. The molecule has 0 unspecified atom stereocenters. The third-order valence-electron chi connectivity index (χ3n) is 2.59. The van der Waals surface area contributed by atoms with E-state index in [1.807, 2.05) is 39.0 Å². The van der Waals surface area contributed by atoms with Crippen molar-refractivity contribution in [1.29, 1.82) is 0 Å². The molecule has 1 aromatic rings. The summed E-state index contributed by atoms with van der Waals surface area (Å²) < 4.78 is 5.33. The molecule has 1 rings (SSSR count). The van der Waals surface area contributed by atoms with Crippen molar-refractivity contribution < 1.29 is 9.53 Å². The molecule has 98 valence electrons. The Morgan fingerprint density at radius 2 is 1.94 bits per heavy atom. The maximum Gasteiger partial charge on any atom is 0.251 e. The molecule has 0 spiro atoms. The SMILES string of the molecule is C=C(C)COCCNC(=O)c1c(C)cccc1C. The fourth-order valence-corrected chi connectivity index (χ4v) is 1.74. The second-order valence-electron chi connectivity index (χ2n) is 4.53. The molecule has 3 nitrogen and oxygen atoms in total. The summed E-state index contributed by atoms with van der Waals surface area (Å²) in [6, 6.07) is 5.84. The molecular formula is C15H21NO2. The van der Waals surface area contributed by atoms with Crippen LogP contribution in [0.1, 0.15) is 28.4 Å². The van der Waals surface area contributed by atoms with Gasteiger partial charge in [0.25, 0.3) is 5.91 Å². The van der Waals surface area contributed by atoms with Gasteiger partial charge in [-0.15, -0.1) is 0 Å². The summed E-state index contributed by atoms with van der Waals surface area (Å²) in [6.45, 7) is 11.1. The quantitative estimate of drug-likeness (QED) is 0.620.